The van der Waals surface area contributed by atoms with E-state index in [1.165, 1.54) is 23.1 Å². The number of thioether (sulfide) groups is 1. The number of primary amides is 1. The maximum absolute atomic E-state index is 12.2. The summed E-state index contributed by atoms with van der Waals surface area (Å²) in [5, 5.41) is -0.139. The summed E-state index contributed by atoms with van der Waals surface area (Å²) in [5.41, 5.74) is 6.04. The highest BCUT2D eigenvalue weighted by Gasteiger charge is 2.25. The zero-order chi connectivity index (χ0) is 14.7. The lowest BCUT2D eigenvalue weighted by Gasteiger charge is -2.19. The van der Waals surface area contributed by atoms with E-state index < -0.39 is 0 Å². The van der Waals surface area contributed by atoms with Crippen molar-refractivity contribution in [1.82, 2.24) is 9.88 Å². The van der Waals surface area contributed by atoms with Gasteiger partial charge in [0.15, 0.2) is 4.34 Å². The number of amides is 2. The number of aryl methyl sites for hydroxylation is 1. The molecular formula is C13H19N3O2S2. The zero-order valence-corrected chi connectivity index (χ0v) is 13.4. The van der Waals surface area contributed by atoms with E-state index in [1.54, 1.807) is 0 Å². The Balaban J connectivity index is 1.98. The number of nitrogens with two attached hydrogens (primary N) is 1. The first-order valence-electron chi connectivity index (χ1n) is 6.67. The van der Waals surface area contributed by atoms with Gasteiger partial charge in [-0.1, -0.05) is 11.8 Å². The Morgan fingerprint density at radius 1 is 1.45 bits per heavy atom. The summed E-state index contributed by atoms with van der Waals surface area (Å²) in [4.78, 5) is 30.4. The van der Waals surface area contributed by atoms with Gasteiger partial charge < -0.3 is 10.6 Å². The Labute approximate surface area is 126 Å². The van der Waals surface area contributed by atoms with Crippen molar-refractivity contribution in [1.29, 1.82) is 0 Å². The molecule has 2 rings (SSSR count). The fourth-order valence-corrected chi connectivity index (χ4v) is 4.64. The standard InChI is InChI=1S/C13H19N3O2S2/c1-8-10(7-11(14)17)20-13(15-8)19-9(2)12(18)16-5-3-4-6-16/h9H,3-7H2,1-2H3,(H2,14,17). The molecule has 0 aliphatic carbocycles. The first kappa shape index (κ1) is 15.3. The first-order valence-corrected chi connectivity index (χ1v) is 8.37. The van der Waals surface area contributed by atoms with Gasteiger partial charge in [0.1, 0.15) is 0 Å². The Bertz CT molecular complexity index is 510. The molecule has 2 amide bonds. The first-order chi connectivity index (χ1) is 9.47. The lowest BCUT2D eigenvalue weighted by Crippen LogP contribution is -2.33. The lowest BCUT2D eigenvalue weighted by atomic mass is 10.3. The van der Waals surface area contributed by atoms with Crippen molar-refractivity contribution in [2.45, 2.75) is 42.7 Å². The molecule has 0 spiro atoms. The van der Waals surface area contributed by atoms with Crippen molar-refractivity contribution in [2.24, 2.45) is 5.73 Å². The maximum atomic E-state index is 12.2. The van der Waals surface area contributed by atoms with Crippen LogP contribution in [0.1, 0.15) is 30.3 Å². The van der Waals surface area contributed by atoms with E-state index in [-0.39, 0.29) is 23.5 Å². The molecule has 1 atom stereocenters. The van der Waals surface area contributed by atoms with E-state index >= 15 is 0 Å². The van der Waals surface area contributed by atoms with Crippen LogP contribution in [0.4, 0.5) is 0 Å². The van der Waals surface area contributed by atoms with E-state index in [0.29, 0.717) is 0 Å². The summed E-state index contributed by atoms with van der Waals surface area (Å²) in [6.45, 7) is 5.52. The minimum Gasteiger partial charge on any atom is -0.369 e. The fraction of sp³-hybridized carbons (Fsp3) is 0.615. The average Bonchev–Trinajstić information content (AvgIpc) is 2.99. The number of hydrogen-bond donors (Lipinski definition) is 1. The van der Waals surface area contributed by atoms with Gasteiger partial charge in [0.05, 0.1) is 17.4 Å². The van der Waals surface area contributed by atoms with E-state index in [4.69, 9.17) is 5.73 Å². The molecule has 1 saturated heterocycles. The van der Waals surface area contributed by atoms with Crippen molar-refractivity contribution < 1.29 is 9.59 Å². The van der Waals surface area contributed by atoms with Gasteiger partial charge in [0.25, 0.3) is 0 Å². The molecule has 0 radical (unpaired) electrons. The maximum Gasteiger partial charge on any atom is 0.235 e. The van der Waals surface area contributed by atoms with Crippen LogP contribution in [0.15, 0.2) is 4.34 Å². The zero-order valence-electron chi connectivity index (χ0n) is 11.7. The van der Waals surface area contributed by atoms with E-state index in [9.17, 15) is 9.59 Å². The quantitative estimate of drug-likeness (QED) is 0.837. The minimum atomic E-state index is -0.352. The molecular weight excluding hydrogens is 294 g/mol. The molecule has 1 aliphatic heterocycles. The number of hydrogen-bond acceptors (Lipinski definition) is 5. The Hall–Kier alpha value is -1.08. The number of thiazole rings is 1. The highest BCUT2D eigenvalue weighted by molar-refractivity contribution is 8.02. The average molecular weight is 313 g/mol. The SMILES string of the molecule is Cc1nc(SC(C)C(=O)N2CCCC2)sc1CC(N)=O. The summed E-state index contributed by atoms with van der Waals surface area (Å²) < 4.78 is 0.832. The predicted octanol–water partition coefficient (Wildman–Crippen LogP) is 1.58. The highest BCUT2D eigenvalue weighted by Crippen LogP contribution is 2.31. The Kier molecular flexibility index (Phi) is 5.04. The van der Waals surface area contributed by atoms with Crippen molar-refractivity contribution in [3.05, 3.63) is 10.6 Å². The molecule has 2 N–H and O–H groups in total. The van der Waals surface area contributed by atoms with Gasteiger partial charge in [-0.25, -0.2) is 4.98 Å². The van der Waals surface area contributed by atoms with Gasteiger partial charge in [-0.05, 0) is 26.7 Å². The Morgan fingerprint density at radius 3 is 2.70 bits per heavy atom. The summed E-state index contributed by atoms with van der Waals surface area (Å²) in [6.07, 6.45) is 2.42. The molecule has 1 fully saturated rings. The van der Waals surface area contributed by atoms with Crippen LogP contribution in [0.5, 0.6) is 0 Å². The molecule has 110 valence electrons. The summed E-state index contributed by atoms with van der Waals surface area (Å²) >= 11 is 2.92. The second-order valence-corrected chi connectivity index (χ2v) is 7.60. The summed E-state index contributed by atoms with van der Waals surface area (Å²) in [6, 6.07) is 0. The van der Waals surface area contributed by atoms with Crippen LogP contribution in [0.2, 0.25) is 0 Å². The van der Waals surface area contributed by atoms with Crippen LogP contribution < -0.4 is 5.73 Å². The topological polar surface area (TPSA) is 76.3 Å². The molecule has 0 aromatic carbocycles. The van der Waals surface area contributed by atoms with Crippen LogP contribution in [-0.4, -0.2) is 40.0 Å². The second kappa shape index (κ2) is 6.58. The molecule has 0 bridgehead atoms. The third kappa shape index (κ3) is 3.73. The van der Waals surface area contributed by atoms with Crippen molar-refractivity contribution in [3.8, 4) is 0 Å². The molecule has 1 aromatic heterocycles. The predicted molar refractivity (Wildman–Crippen MR) is 80.9 cm³/mol. The fourth-order valence-electron chi connectivity index (χ4n) is 2.17. The van der Waals surface area contributed by atoms with Crippen molar-refractivity contribution >= 4 is 34.9 Å². The number of carbonyl (C=O) groups is 2. The third-order valence-corrected chi connectivity index (χ3v) is 5.59. The van der Waals surface area contributed by atoms with Gasteiger partial charge >= 0.3 is 0 Å². The molecule has 0 saturated carbocycles. The molecule has 2 heterocycles. The lowest BCUT2D eigenvalue weighted by molar-refractivity contribution is -0.129. The smallest absolute Gasteiger partial charge is 0.235 e. The largest absolute Gasteiger partial charge is 0.369 e. The number of carbonyl (C=O) groups excluding carboxylic acids is 2. The normalized spacial score (nSPS) is 16.4. The number of nitrogens with zero attached hydrogens (tertiary/aromatic N) is 2. The van der Waals surface area contributed by atoms with Crippen LogP contribution in [-0.2, 0) is 16.0 Å². The van der Waals surface area contributed by atoms with Crippen molar-refractivity contribution in [2.75, 3.05) is 13.1 Å². The van der Waals surface area contributed by atoms with Crippen molar-refractivity contribution in [3.63, 3.8) is 0 Å². The van der Waals surface area contributed by atoms with Crippen LogP contribution in [0, 0.1) is 6.92 Å². The second-order valence-electron chi connectivity index (χ2n) is 4.92. The Morgan fingerprint density at radius 2 is 2.10 bits per heavy atom. The van der Waals surface area contributed by atoms with E-state index in [2.05, 4.69) is 4.98 Å². The van der Waals surface area contributed by atoms with Crippen LogP contribution in [0.25, 0.3) is 0 Å². The van der Waals surface area contributed by atoms with Gasteiger partial charge in [-0.3, -0.25) is 9.59 Å². The monoisotopic (exact) mass is 313 g/mol. The molecule has 1 unspecified atom stereocenters. The summed E-state index contributed by atoms with van der Waals surface area (Å²) in [5.74, 6) is -0.175. The van der Waals surface area contributed by atoms with Gasteiger partial charge in [0.2, 0.25) is 11.8 Å². The molecule has 1 aromatic rings. The van der Waals surface area contributed by atoms with Gasteiger partial charge in [0, 0.05) is 18.0 Å². The van der Waals surface area contributed by atoms with Gasteiger partial charge in [-0.15, -0.1) is 11.3 Å². The highest BCUT2D eigenvalue weighted by atomic mass is 32.2. The van der Waals surface area contributed by atoms with Gasteiger partial charge in [-0.2, -0.15) is 0 Å². The van der Waals surface area contributed by atoms with E-state index in [1.807, 2.05) is 18.7 Å². The number of rotatable bonds is 5. The summed E-state index contributed by atoms with van der Waals surface area (Å²) in [7, 11) is 0. The van der Waals surface area contributed by atoms with Crippen LogP contribution in [0.3, 0.4) is 0 Å². The molecule has 1 aliphatic rings. The molecule has 5 nitrogen and oxygen atoms in total. The minimum absolute atomic E-state index is 0.139. The van der Waals surface area contributed by atoms with E-state index in [0.717, 1.165) is 40.8 Å². The number of aromatic nitrogens is 1. The molecule has 20 heavy (non-hydrogen) atoms. The molecule has 7 heteroatoms. The van der Waals surface area contributed by atoms with Crippen LogP contribution >= 0.6 is 23.1 Å². The number of likely N-dealkylation sites (tertiary alicyclic amines) is 1. The third-order valence-electron chi connectivity index (χ3n) is 3.25.